The van der Waals surface area contributed by atoms with Crippen LogP contribution in [0.5, 0.6) is 34.5 Å². The maximum absolute atomic E-state index is 7.78. The SMILES string of the molecule is CC(C)(C)c1cc(OP(n2cccn2)n2cccn2)c2c(c1)C(C)(C)c1cc(C(C)(C)C)cc(OP(n3cccn3)n3cccn3)c1O2.CC(C)(C)c1cc(P(n2ncc3ccccc32)n2ncc3ccccc32)c2c(c1)C(C)(C)c1cc(C(C)(C)C)cc(P(n3ncc4ccccc43)n3ncc4ccccc43)c1O2. The molecule has 24 heteroatoms. The molecule has 0 radical (unpaired) electrons. The summed E-state index contributed by atoms with van der Waals surface area (Å²) >= 11 is 0. The predicted molar refractivity (Wildman–Crippen MR) is 444 cm³/mol. The smallest absolute Gasteiger partial charge is 0.352 e. The minimum absolute atomic E-state index is 0.158. The van der Waals surface area contributed by atoms with E-state index in [2.05, 4.69) is 295 Å². The Bertz CT molecular complexity index is 5520. The largest absolute Gasteiger partial charge is 0.455 e. The van der Waals surface area contributed by atoms with Gasteiger partial charge in [0.1, 0.15) is 11.5 Å². The lowest BCUT2D eigenvalue weighted by Gasteiger charge is -2.40. The van der Waals surface area contributed by atoms with Gasteiger partial charge >= 0.3 is 16.9 Å². The van der Waals surface area contributed by atoms with Crippen LogP contribution in [0.25, 0.3) is 43.6 Å². The topological polar surface area (TPSA) is 179 Å². The summed E-state index contributed by atoms with van der Waals surface area (Å²) in [5.74, 6) is 4.19. The highest BCUT2D eigenvalue weighted by Crippen LogP contribution is 2.61. The maximum atomic E-state index is 7.78. The van der Waals surface area contributed by atoms with Crippen LogP contribution < -0.4 is 29.1 Å². The molecule has 0 N–H and O–H groups in total. The zero-order valence-corrected chi connectivity index (χ0v) is 68.2. The average Bonchev–Trinajstić information content (AvgIpc) is 0.976. The van der Waals surface area contributed by atoms with Gasteiger partial charge in [0.25, 0.3) is 0 Å². The van der Waals surface area contributed by atoms with Gasteiger partial charge in [0.15, 0.2) is 39.4 Å². The van der Waals surface area contributed by atoms with Crippen molar-refractivity contribution in [3.8, 4) is 34.5 Å². The summed E-state index contributed by atoms with van der Waals surface area (Å²) in [7, 11) is -6.04. The van der Waals surface area contributed by atoms with Crippen molar-refractivity contribution in [3.63, 3.8) is 0 Å². The van der Waals surface area contributed by atoms with Crippen molar-refractivity contribution >= 4 is 87.6 Å². The van der Waals surface area contributed by atoms with Gasteiger partial charge in [-0.3, -0.25) is 0 Å². The Morgan fingerprint density at radius 1 is 0.309 bits per heavy atom. The van der Waals surface area contributed by atoms with Crippen LogP contribution in [-0.4, -0.2) is 76.4 Å². The highest BCUT2D eigenvalue weighted by Gasteiger charge is 2.46. The van der Waals surface area contributed by atoms with Gasteiger partial charge in [0.2, 0.25) is 0 Å². The van der Waals surface area contributed by atoms with Gasteiger partial charge in [0, 0.05) is 104 Å². The third-order valence-electron chi connectivity index (χ3n) is 20.8. The summed E-state index contributed by atoms with van der Waals surface area (Å²) in [6.45, 7) is 36.3. The quantitative estimate of drug-likeness (QED) is 0.0942. The van der Waals surface area contributed by atoms with E-state index >= 15 is 0 Å². The summed E-state index contributed by atoms with van der Waals surface area (Å²) in [5, 5.41) is 45.2. The van der Waals surface area contributed by atoms with Crippen LogP contribution in [0.2, 0.25) is 0 Å². The van der Waals surface area contributed by atoms with Crippen molar-refractivity contribution in [2.24, 2.45) is 0 Å². The molecule has 20 nitrogen and oxygen atoms in total. The average molecular weight is 1530 g/mol. The van der Waals surface area contributed by atoms with Gasteiger partial charge in [-0.25, -0.2) is 17.8 Å². The van der Waals surface area contributed by atoms with E-state index in [1.807, 2.05) is 73.8 Å². The summed E-state index contributed by atoms with van der Waals surface area (Å²) in [6, 6.07) is 59.5. The normalized spacial score (nSPS) is 14.1. The minimum Gasteiger partial charge on any atom is -0.455 e. The second-order valence-electron chi connectivity index (χ2n) is 33.2. The van der Waals surface area contributed by atoms with E-state index in [1.54, 1.807) is 42.6 Å². The van der Waals surface area contributed by atoms with E-state index in [1.165, 1.54) is 11.1 Å². The lowest BCUT2D eigenvalue weighted by Crippen LogP contribution is -2.34. The van der Waals surface area contributed by atoms with Gasteiger partial charge in [-0.2, -0.15) is 58.6 Å². The molecule has 0 aliphatic carbocycles. The Hall–Kier alpha value is -10.6. The fourth-order valence-electron chi connectivity index (χ4n) is 14.4. The summed E-state index contributed by atoms with van der Waals surface area (Å²) in [5.41, 5.74) is 11.6. The van der Waals surface area contributed by atoms with Crippen LogP contribution in [0.15, 0.2) is 244 Å². The first-order chi connectivity index (χ1) is 52.6. The Balaban J connectivity index is 0.000000166. The molecule has 0 atom stereocenters. The summed E-state index contributed by atoms with van der Waals surface area (Å²) < 4.78 is 44.6. The molecule has 2 aliphatic heterocycles. The maximum Gasteiger partial charge on any atom is 0.352 e. The van der Waals surface area contributed by atoms with Crippen molar-refractivity contribution in [3.05, 3.63) is 289 Å². The predicted octanol–water partition coefficient (Wildman–Crippen LogP) is 21.1. The highest BCUT2D eigenvalue weighted by atomic mass is 31.2. The molecule has 0 unspecified atom stereocenters. The van der Waals surface area contributed by atoms with Crippen molar-refractivity contribution in [1.29, 1.82) is 0 Å². The number of hydrogen-bond donors (Lipinski definition) is 0. The van der Waals surface area contributed by atoms with E-state index in [4.69, 9.17) is 38.9 Å². The molecule has 556 valence electrons. The van der Waals surface area contributed by atoms with E-state index in [0.29, 0.717) is 23.0 Å². The Morgan fingerprint density at radius 3 is 0.827 bits per heavy atom. The molecule has 0 bridgehead atoms. The number of rotatable bonds is 14. The van der Waals surface area contributed by atoms with Crippen molar-refractivity contribution in [1.82, 2.24) is 76.4 Å². The molecule has 16 aromatic rings. The van der Waals surface area contributed by atoms with Crippen molar-refractivity contribution in [2.75, 3.05) is 0 Å². The van der Waals surface area contributed by atoms with Gasteiger partial charge in [-0.1, -0.05) is 208 Å². The number of aromatic nitrogens is 16. The van der Waals surface area contributed by atoms with Crippen LogP contribution in [0.3, 0.4) is 0 Å². The molecule has 110 heavy (non-hydrogen) atoms. The molecule has 10 heterocycles. The number of para-hydroxylation sites is 4. The molecule has 0 spiro atoms. The molecule has 0 amide bonds. The van der Waals surface area contributed by atoms with Gasteiger partial charge < -0.3 is 18.5 Å². The molecule has 18 rings (SSSR count). The minimum atomic E-state index is -1.53. The van der Waals surface area contributed by atoms with Crippen LogP contribution in [0.1, 0.15) is 155 Å². The first-order valence-electron chi connectivity index (χ1n) is 37.0. The molecule has 0 saturated carbocycles. The fraction of sp³-hybridized carbons (Fsp3) is 0.256. The second kappa shape index (κ2) is 27.2. The zero-order valence-electron chi connectivity index (χ0n) is 64.7. The van der Waals surface area contributed by atoms with Crippen molar-refractivity contribution in [2.45, 2.75) is 143 Å². The lowest BCUT2D eigenvalue weighted by atomic mass is 9.72. The third-order valence-corrected chi connectivity index (χ3v) is 28.1. The van der Waals surface area contributed by atoms with Gasteiger partial charge in [-0.05, 0) is 117 Å². The molecule has 8 aromatic carbocycles. The van der Waals surface area contributed by atoms with Crippen LogP contribution >= 0.6 is 33.3 Å². The van der Waals surface area contributed by atoms with Crippen LogP contribution in [-0.2, 0) is 32.5 Å². The third kappa shape index (κ3) is 12.9. The molecular formula is C86H88N16O4P4. The molecular weight excluding hydrogens is 1440 g/mol. The lowest BCUT2D eigenvalue weighted by molar-refractivity contribution is 0.380. The first-order valence-corrected chi connectivity index (χ1v) is 41.8. The number of ether oxygens (including phenoxy) is 2. The molecule has 8 aromatic heterocycles. The van der Waals surface area contributed by atoms with Crippen LogP contribution in [0, 0.1) is 0 Å². The standard InChI is InChI=1S/C51H48N8OP2.C35H40N8O3P2/c1-49(2,3)37-25-39-47(45(27-37)61(56-41-21-13-9-17-33(41)29-52-56)57-42-22-14-10-18-34(42)30-53-57)60-48-40(51(39,7)8)26-38(50(4,5)6)28-46(48)62(58-43-23-15-11-19-35(43)31-54-58)59-44-24-16-12-20-36(44)32-55-59;1-33(2,3)25-21-27-31(29(23-25)45-47(40-17-9-13-36-40)41-18-10-14-37-41)44-32-28(35(27,7)8)22-26(34(4,5)6)24-30(32)46-48(42-19-11-15-38-42)43-20-12-16-39-43/h9-32H,1-8H3;9-24H,1-8H3. The van der Waals surface area contributed by atoms with Gasteiger partial charge in [-0.15, -0.1) is 0 Å². The summed E-state index contributed by atoms with van der Waals surface area (Å²) in [4.78, 5) is 0. The second-order valence-corrected chi connectivity index (χ2v) is 39.9. The Morgan fingerprint density at radius 2 is 0.564 bits per heavy atom. The summed E-state index contributed by atoms with van der Waals surface area (Å²) in [6.07, 6.45) is 22.4. The van der Waals surface area contributed by atoms with E-state index in [-0.39, 0.29) is 21.7 Å². The van der Waals surface area contributed by atoms with Crippen LogP contribution in [0.4, 0.5) is 0 Å². The Kier molecular flexibility index (Phi) is 17.8. The molecule has 2 aliphatic rings. The number of fused-ring (bicyclic) bond motifs is 8. The number of hydrogen-bond acceptors (Lipinski definition) is 12. The van der Waals surface area contributed by atoms with Gasteiger partial charge in [0.05, 0.1) is 57.5 Å². The monoisotopic (exact) mass is 1530 g/mol. The number of benzene rings is 8. The Labute approximate surface area is 645 Å². The zero-order chi connectivity index (χ0) is 76.6. The highest BCUT2D eigenvalue weighted by molar-refractivity contribution is 7.63. The first kappa shape index (κ1) is 72.3. The molecule has 0 saturated heterocycles. The molecule has 0 fully saturated rings. The van der Waals surface area contributed by atoms with E-state index in [9.17, 15) is 0 Å². The van der Waals surface area contributed by atoms with E-state index in [0.717, 1.165) is 99.1 Å². The van der Waals surface area contributed by atoms with Crippen molar-refractivity contribution < 1.29 is 18.5 Å². The van der Waals surface area contributed by atoms with E-state index < -0.39 is 44.2 Å². The fourth-order valence-corrected chi connectivity index (χ4v) is 21.5. The number of nitrogens with zero attached hydrogens (tertiary/aromatic N) is 16.